The Bertz CT molecular complexity index is 1470. The zero-order valence-electron chi connectivity index (χ0n) is 23.3. The molecule has 43 heavy (non-hydrogen) atoms. The fourth-order valence-electron chi connectivity index (χ4n) is 3.44. The summed E-state index contributed by atoms with van der Waals surface area (Å²) in [4.78, 5) is 36.3. The summed E-state index contributed by atoms with van der Waals surface area (Å²) in [6.45, 7) is 3.83. The van der Waals surface area contributed by atoms with Gasteiger partial charge in [0.2, 0.25) is 11.9 Å². The molecule has 0 saturated heterocycles. The maximum Gasteiger partial charge on any atom is 0.422 e. The van der Waals surface area contributed by atoms with Crippen molar-refractivity contribution in [1.29, 1.82) is 0 Å². The molecule has 230 valence electrons. The lowest BCUT2D eigenvalue weighted by Gasteiger charge is -2.30. The van der Waals surface area contributed by atoms with Gasteiger partial charge < -0.3 is 20.7 Å². The summed E-state index contributed by atoms with van der Waals surface area (Å²) in [6.07, 6.45) is -1.91. The number of rotatable bonds is 13. The molecular weight excluding hydrogens is 611 g/mol. The predicted molar refractivity (Wildman–Crippen MR) is 157 cm³/mol. The number of hydrogen-bond acceptors (Lipinski definition) is 9. The van der Waals surface area contributed by atoms with Crippen LogP contribution in [-0.2, 0) is 21.3 Å². The Morgan fingerprint density at radius 3 is 2.26 bits per heavy atom. The summed E-state index contributed by atoms with van der Waals surface area (Å²) in [6, 6.07) is 12.5. The van der Waals surface area contributed by atoms with E-state index in [1.165, 1.54) is 24.3 Å². The van der Waals surface area contributed by atoms with Crippen molar-refractivity contribution >= 4 is 52.0 Å². The summed E-state index contributed by atoms with van der Waals surface area (Å²) in [5.41, 5.74) is 0.763. The third-order valence-corrected chi connectivity index (χ3v) is 7.09. The number of alkyl halides is 3. The van der Waals surface area contributed by atoms with E-state index in [-0.39, 0.29) is 23.2 Å². The maximum atomic E-state index is 12.8. The first-order valence-corrected chi connectivity index (χ1v) is 14.5. The third kappa shape index (κ3) is 10.5. The monoisotopic (exact) mass is 639 g/mol. The molecule has 0 aliphatic carbocycles. The Morgan fingerprint density at radius 1 is 1.00 bits per heavy atom. The molecule has 0 saturated carbocycles. The van der Waals surface area contributed by atoms with Crippen molar-refractivity contribution in [3.63, 3.8) is 0 Å². The smallest absolute Gasteiger partial charge is 0.422 e. The molecule has 0 aliphatic heterocycles. The van der Waals surface area contributed by atoms with Crippen molar-refractivity contribution in [1.82, 2.24) is 25.0 Å². The number of ether oxygens (including phenoxy) is 1. The molecule has 0 spiro atoms. The van der Waals surface area contributed by atoms with Crippen LogP contribution in [-0.4, -0.2) is 49.5 Å². The lowest BCUT2D eigenvalue weighted by molar-refractivity contribution is -0.154. The quantitative estimate of drug-likeness (QED) is 0.190. The van der Waals surface area contributed by atoms with Gasteiger partial charge >= 0.3 is 12.2 Å². The first-order chi connectivity index (χ1) is 20.3. The van der Waals surface area contributed by atoms with Crippen molar-refractivity contribution < 1.29 is 31.7 Å². The van der Waals surface area contributed by atoms with Crippen LogP contribution in [0.1, 0.15) is 43.1 Å². The highest BCUT2D eigenvalue weighted by atomic mass is 35.5. The molecule has 3 aromatic rings. The van der Waals surface area contributed by atoms with Crippen molar-refractivity contribution in [2.45, 2.75) is 38.9 Å². The normalized spacial score (nSPS) is 13.6. The second-order valence-electron chi connectivity index (χ2n) is 9.10. The fraction of sp³-hybridized carbons (Fsp3) is 0.296. The Labute approximate surface area is 253 Å². The van der Waals surface area contributed by atoms with Gasteiger partial charge in [-0.3, -0.25) is 14.3 Å². The number of amides is 2. The number of hydrogen-bond donors (Lipinski definition) is 4. The summed E-state index contributed by atoms with van der Waals surface area (Å²) in [5, 5.41) is 9.00. The first-order valence-electron chi connectivity index (χ1n) is 12.8. The SMILES string of the molecule is CCS(=O)NC(=O)/C=C/NC(=O)c1ccc(Nc2nc(NC(C)(CC)c3ccc(Cl)cc3)nc(OCC(F)(F)F)n2)cc1. The molecular formula is C27H29ClF3N7O4S. The van der Waals surface area contributed by atoms with Gasteiger partial charge in [-0.25, -0.2) is 4.21 Å². The topological polar surface area (TPSA) is 147 Å². The van der Waals surface area contributed by atoms with Gasteiger partial charge in [-0.05, 0) is 55.3 Å². The van der Waals surface area contributed by atoms with Crippen LogP contribution in [0, 0.1) is 0 Å². The predicted octanol–water partition coefficient (Wildman–Crippen LogP) is 4.99. The number of aromatic nitrogens is 3. The van der Waals surface area contributed by atoms with Gasteiger partial charge in [-0.2, -0.15) is 28.1 Å². The molecule has 2 atom stereocenters. The van der Waals surface area contributed by atoms with Gasteiger partial charge in [0.15, 0.2) is 6.61 Å². The molecule has 16 heteroatoms. The highest BCUT2D eigenvalue weighted by molar-refractivity contribution is 7.83. The Balaban J connectivity index is 1.78. The first kappa shape index (κ1) is 33.3. The second kappa shape index (κ2) is 14.8. The number of carbonyl (C=O) groups is 2. The number of anilines is 3. The minimum atomic E-state index is -4.61. The maximum absolute atomic E-state index is 12.8. The van der Waals surface area contributed by atoms with Crippen molar-refractivity contribution in [2.24, 2.45) is 0 Å². The second-order valence-corrected chi connectivity index (χ2v) is 11.0. The Morgan fingerprint density at radius 2 is 1.65 bits per heavy atom. The lowest BCUT2D eigenvalue weighted by atomic mass is 9.89. The molecule has 0 bridgehead atoms. The molecule has 2 unspecified atom stereocenters. The van der Waals surface area contributed by atoms with E-state index in [0.29, 0.717) is 17.1 Å². The van der Waals surface area contributed by atoms with Crippen LogP contribution in [0.4, 0.5) is 30.8 Å². The Hall–Kier alpha value is -4.24. The van der Waals surface area contributed by atoms with E-state index in [0.717, 1.165) is 17.8 Å². The van der Waals surface area contributed by atoms with Crippen LogP contribution in [0.3, 0.4) is 0 Å². The van der Waals surface area contributed by atoms with Gasteiger partial charge in [-0.1, -0.05) is 37.6 Å². The van der Waals surface area contributed by atoms with Gasteiger partial charge in [-0.15, -0.1) is 0 Å². The highest BCUT2D eigenvalue weighted by Crippen LogP contribution is 2.30. The van der Waals surface area contributed by atoms with Crippen LogP contribution in [0.5, 0.6) is 6.01 Å². The van der Waals surface area contributed by atoms with Crippen molar-refractivity contribution in [3.05, 3.63) is 77.0 Å². The summed E-state index contributed by atoms with van der Waals surface area (Å²) in [7, 11) is -1.50. The number of carbonyl (C=O) groups excluding carboxylic acids is 2. The third-order valence-electron chi connectivity index (χ3n) is 5.88. The largest absolute Gasteiger partial charge is 0.454 e. The van der Waals surface area contributed by atoms with Gasteiger partial charge in [0.05, 0.1) is 5.54 Å². The van der Waals surface area contributed by atoms with E-state index >= 15 is 0 Å². The van der Waals surface area contributed by atoms with Gasteiger partial charge in [0, 0.05) is 34.3 Å². The highest BCUT2D eigenvalue weighted by Gasteiger charge is 2.30. The van der Waals surface area contributed by atoms with Crippen LogP contribution in [0.2, 0.25) is 5.02 Å². The van der Waals surface area contributed by atoms with E-state index < -0.39 is 47.1 Å². The summed E-state index contributed by atoms with van der Waals surface area (Å²) in [5.74, 6) is -1.05. The molecule has 2 amide bonds. The van der Waals surface area contributed by atoms with Crippen LogP contribution < -0.4 is 25.4 Å². The number of nitrogens with zero attached hydrogens (tertiary/aromatic N) is 3. The summed E-state index contributed by atoms with van der Waals surface area (Å²) < 4.78 is 56.9. The van der Waals surface area contributed by atoms with Crippen LogP contribution in [0.15, 0.2) is 60.8 Å². The number of nitrogens with one attached hydrogen (secondary N) is 4. The van der Waals surface area contributed by atoms with Crippen molar-refractivity contribution in [3.8, 4) is 6.01 Å². The zero-order chi connectivity index (χ0) is 31.6. The van der Waals surface area contributed by atoms with Gasteiger partial charge in [0.1, 0.15) is 11.0 Å². The van der Waals surface area contributed by atoms with Gasteiger partial charge in [0.25, 0.3) is 11.8 Å². The molecule has 0 fully saturated rings. The number of benzene rings is 2. The molecule has 0 radical (unpaired) electrons. The van der Waals surface area contributed by atoms with Crippen LogP contribution in [0.25, 0.3) is 0 Å². The summed E-state index contributed by atoms with van der Waals surface area (Å²) >= 11 is 6.02. The standard InChI is InChI=1S/C27H29ClF3N7O4S/c1-4-26(3,18-8-10-19(28)11-9-18)37-24-34-23(35-25(36-24)42-16-27(29,30)31)33-20-12-6-17(7-13-20)22(40)32-15-14-21(39)38-43(41)5-2/h6-15H,4-5,16H2,1-3H3,(H,32,40)(H,38,39)(H2,33,34,35,36,37)/b15-14+. The lowest BCUT2D eigenvalue weighted by Crippen LogP contribution is -2.32. The van der Waals surface area contributed by atoms with Crippen molar-refractivity contribution in [2.75, 3.05) is 23.0 Å². The van der Waals surface area contributed by atoms with E-state index in [4.69, 9.17) is 16.3 Å². The van der Waals surface area contributed by atoms with E-state index in [1.54, 1.807) is 19.1 Å². The molecule has 3 rings (SSSR count). The number of halogens is 4. The molecule has 4 N–H and O–H groups in total. The average molecular weight is 640 g/mol. The van der Waals surface area contributed by atoms with E-state index in [9.17, 15) is 27.0 Å². The molecule has 0 aliphatic rings. The fourth-order valence-corrected chi connectivity index (χ4v) is 4.00. The van der Waals surface area contributed by atoms with E-state index in [2.05, 4.69) is 35.6 Å². The zero-order valence-corrected chi connectivity index (χ0v) is 24.9. The minimum absolute atomic E-state index is 0.0384. The molecule has 1 heterocycles. The Kier molecular flexibility index (Phi) is 11.4. The average Bonchev–Trinajstić information content (AvgIpc) is 2.96. The molecule has 1 aromatic heterocycles. The molecule has 2 aromatic carbocycles. The minimum Gasteiger partial charge on any atom is -0.454 e. The van der Waals surface area contributed by atoms with Crippen LogP contribution >= 0.6 is 11.6 Å². The van der Waals surface area contributed by atoms with E-state index in [1.807, 2.05) is 26.0 Å². The molecule has 11 nitrogen and oxygen atoms in total.